The third kappa shape index (κ3) is 1.77. The Hall–Kier alpha value is -1.35. The molecule has 14 heavy (non-hydrogen) atoms. The van der Waals surface area contributed by atoms with Gasteiger partial charge in [-0.15, -0.1) is 0 Å². The van der Waals surface area contributed by atoms with Gasteiger partial charge in [-0.25, -0.2) is 5.01 Å². The van der Waals surface area contributed by atoms with Gasteiger partial charge >= 0.3 is 0 Å². The minimum atomic E-state index is 0.668. The number of benzene rings is 1. The Balaban J connectivity index is 2.24. The first-order valence-electron chi connectivity index (χ1n) is 4.35. The van der Waals surface area contributed by atoms with Gasteiger partial charge in [0.2, 0.25) is 6.41 Å². The van der Waals surface area contributed by atoms with E-state index in [1.54, 1.807) is 0 Å². The Kier molecular flexibility index (Phi) is 2.50. The Bertz CT molecular complexity index is 372. The molecule has 0 saturated carbocycles. The summed E-state index contributed by atoms with van der Waals surface area (Å²) in [4.78, 5) is 10.4. The van der Waals surface area contributed by atoms with Gasteiger partial charge in [0.1, 0.15) is 0 Å². The van der Waals surface area contributed by atoms with Crippen LogP contribution in [0.3, 0.4) is 0 Å². The fourth-order valence-corrected chi connectivity index (χ4v) is 1.52. The zero-order chi connectivity index (χ0) is 9.97. The SMILES string of the molecule is O=CN1CCC(c2ccc(Cl)cc2)=N1. The summed E-state index contributed by atoms with van der Waals surface area (Å²) in [7, 11) is 0. The number of hydrogen-bond donors (Lipinski definition) is 0. The van der Waals surface area contributed by atoms with E-state index in [1.807, 2.05) is 24.3 Å². The number of hydrogen-bond acceptors (Lipinski definition) is 2. The fourth-order valence-electron chi connectivity index (χ4n) is 1.40. The molecule has 0 aliphatic carbocycles. The number of halogens is 1. The van der Waals surface area contributed by atoms with Gasteiger partial charge in [0.15, 0.2) is 0 Å². The van der Waals surface area contributed by atoms with E-state index >= 15 is 0 Å². The summed E-state index contributed by atoms with van der Waals surface area (Å²) in [5.41, 5.74) is 1.97. The fraction of sp³-hybridized carbons (Fsp3) is 0.200. The number of carbonyl (C=O) groups excluding carboxylic acids is 1. The second-order valence-corrected chi connectivity index (χ2v) is 3.51. The van der Waals surface area contributed by atoms with Crippen molar-refractivity contribution in [3.05, 3.63) is 34.9 Å². The molecule has 1 aromatic carbocycles. The van der Waals surface area contributed by atoms with Gasteiger partial charge in [-0.3, -0.25) is 4.79 Å². The highest BCUT2D eigenvalue weighted by molar-refractivity contribution is 6.30. The van der Waals surface area contributed by atoms with Gasteiger partial charge < -0.3 is 0 Å². The van der Waals surface area contributed by atoms with Crippen molar-refractivity contribution < 1.29 is 4.79 Å². The quantitative estimate of drug-likeness (QED) is 0.684. The second kappa shape index (κ2) is 3.80. The molecule has 3 nitrogen and oxygen atoms in total. The molecule has 0 spiro atoms. The molecule has 1 heterocycles. The Morgan fingerprint density at radius 1 is 1.36 bits per heavy atom. The van der Waals surface area contributed by atoms with Crippen LogP contribution in [0.2, 0.25) is 5.02 Å². The monoisotopic (exact) mass is 208 g/mol. The third-order valence-corrected chi connectivity index (χ3v) is 2.38. The molecule has 0 aromatic heterocycles. The summed E-state index contributed by atoms with van der Waals surface area (Å²) in [6, 6.07) is 7.47. The number of hydrazone groups is 1. The molecule has 1 aromatic rings. The molecule has 4 heteroatoms. The lowest BCUT2D eigenvalue weighted by Gasteiger charge is -1.99. The van der Waals surface area contributed by atoms with Crippen molar-refractivity contribution in [1.82, 2.24) is 5.01 Å². The normalized spacial score (nSPS) is 15.5. The molecule has 0 N–H and O–H groups in total. The molecule has 0 radical (unpaired) electrons. The first kappa shape index (κ1) is 9.21. The topological polar surface area (TPSA) is 32.7 Å². The van der Waals surface area contributed by atoms with Crippen molar-refractivity contribution >= 4 is 23.7 Å². The van der Waals surface area contributed by atoms with Crippen LogP contribution in [0, 0.1) is 0 Å². The van der Waals surface area contributed by atoms with Crippen LogP contribution in [0.5, 0.6) is 0 Å². The summed E-state index contributed by atoms with van der Waals surface area (Å²) < 4.78 is 0. The van der Waals surface area contributed by atoms with Crippen LogP contribution in [0.4, 0.5) is 0 Å². The average molecular weight is 209 g/mol. The molecule has 1 aliphatic heterocycles. The van der Waals surface area contributed by atoms with Crippen LogP contribution in [0.1, 0.15) is 12.0 Å². The van der Waals surface area contributed by atoms with E-state index in [9.17, 15) is 4.79 Å². The lowest BCUT2D eigenvalue weighted by molar-refractivity contribution is -0.117. The molecule has 1 aliphatic rings. The zero-order valence-electron chi connectivity index (χ0n) is 7.48. The predicted molar refractivity (Wildman–Crippen MR) is 55.4 cm³/mol. The molecule has 2 rings (SSSR count). The molecule has 0 fully saturated rings. The smallest absolute Gasteiger partial charge is 0.229 e. The third-order valence-electron chi connectivity index (χ3n) is 2.13. The van der Waals surface area contributed by atoms with Crippen molar-refractivity contribution in [1.29, 1.82) is 0 Å². The van der Waals surface area contributed by atoms with Gasteiger partial charge in [0.05, 0.1) is 5.71 Å². The van der Waals surface area contributed by atoms with Crippen molar-refractivity contribution in [2.75, 3.05) is 6.54 Å². The minimum Gasteiger partial charge on any atom is -0.277 e. The van der Waals surface area contributed by atoms with E-state index in [1.165, 1.54) is 5.01 Å². The number of nitrogens with zero attached hydrogens (tertiary/aromatic N) is 2. The molecular weight excluding hydrogens is 200 g/mol. The molecule has 0 bridgehead atoms. The van der Waals surface area contributed by atoms with Crippen LogP contribution < -0.4 is 0 Å². The number of amides is 1. The van der Waals surface area contributed by atoms with E-state index in [0.717, 1.165) is 24.1 Å². The van der Waals surface area contributed by atoms with Gasteiger partial charge in [0.25, 0.3) is 0 Å². The molecule has 1 amide bonds. The zero-order valence-corrected chi connectivity index (χ0v) is 8.24. The maximum absolute atomic E-state index is 10.4. The predicted octanol–water partition coefficient (Wildman–Crippen LogP) is 1.91. The summed E-state index contributed by atoms with van der Waals surface area (Å²) in [5, 5.41) is 6.26. The summed E-state index contributed by atoms with van der Waals surface area (Å²) in [6.07, 6.45) is 1.54. The van der Waals surface area contributed by atoms with E-state index in [-0.39, 0.29) is 0 Å². The van der Waals surface area contributed by atoms with Crippen LogP contribution in [-0.2, 0) is 4.79 Å². The van der Waals surface area contributed by atoms with Gasteiger partial charge in [-0.1, -0.05) is 23.7 Å². The Labute approximate surface area is 87.0 Å². The van der Waals surface area contributed by atoms with E-state index < -0.39 is 0 Å². The second-order valence-electron chi connectivity index (χ2n) is 3.07. The van der Waals surface area contributed by atoms with E-state index in [0.29, 0.717) is 11.6 Å². The molecule has 72 valence electrons. The molecule has 0 atom stereocenters. The average Bonchev–Trinajstić information content (AvgIpc) is 2.67. The molecular formula is C10H9ClN2O. The van der Waals surface area contributed by atoms with Gasteiger partial charge in [-0.05, 0) is 17.7 Å². The molecule has 0 unspecified atom stereocenters. The molecule has 0 saturated heterocycles. The van der Waals surface area contributed by atoms with Crippen LogP contribution in [-0.4, -0.2) is 23.7 Å². The van der Waals surface area contributed by atoms with Crippen LogP contribution in [0.25, 0.3) is 0 Å². The van der Waals surface area contributed by atoms with E-state index in [2.05, 4.69) is 5.10 Å². The summed E-state index contributed by atoms with van der Waals surface area (Å²) in [5.74, 6) is 0. The highest BCUT2D eigenvalue weighted by atomic mass is 35.5. The van der Waals surface area contributed by atoms with Crippen LogP contribution >= 0.6 is 11.6 Å². The van der Waals surface area contributed by atoms with Gasteiger partial charge in [-0.2, -0.15) is 5.10 Å². The van der Waals surface area contributed by atoms with Crippen molar-refractivity contribution in [3.63, 3.8) is 0 Å². The standard InChI is InChI=1S/C10H9ClN2O/c11-9-3-1-8(2-4-9)10-5-6-13(7-14)12-10/h1-4,7H,5-6H2. The summed E-state index contributed by atoms with van der Waals surface area (Å²) >= 11 is 5.77. The van der Waals surface area contributed by atoms with Crippen molar-refractivity contribution in [2.24, 2.45) is 5.10 Å². The maximum Gasteiger partial charge on any atom is 0.229 e. The summed E-state index contributed by atoms with van der Waals surface area (Å²) in [6.45, 7) is 0.668. The maximum atomic E-state index is 10.4. The van der Waals surface area contributed by atoms with Crippen molar-refractivity contribution in [2.45, 2.75) is 6.42 Å². The lowest BCUT2D eigenvalue weighted by Crippen LogP contribution is -2.09. The number of carbonyl (C=O) groups is 1. The van der Waals surface area contributed by atoms with Gasteiger partial charge in [0, 0.05) is 18.0 Å². The Morgan fingerprint density at radius 3 is 2.64 bits per heavy atom. The highest BCUT2D eigenvalue weighted by Gasteiger charge is 2.14. The Morgan fingerprint density at radius 2 is 2.07 bits per heavy atom. The number of rotatable bonds is 2. The minimum absolute atomic E-state index is 0.668. The largest absolute Gasteiger partial charge is 0.277 e. The van der Waals surface area contributed by atoms with Crippen molar-refractivity contribution in [3.8, 4) is 0 Å². The first-order chi connectivity index (χ1) is 6.79. The first-order valence-corrected chi connectivity index (χ1v) is 4.73. The van der Waals surface area contributed by atoms with E-state index in [4.69, 9.17) is 11.6 Å². The highest BCUT2D eigenvalue weighted by Crippen LogP contribution is 2.15. The van der Waals surface area contributed by atoms with Crippen LogP contribution in [0.15, 0.2) is 29.4 Å². The lowest BCUT2D eigenvalue weighted by atomic mass is 10.1.